The van der Waals surface area contributed by atoms with E-state index in [-0.39, 0.29) is 10.8 Å². The van der Waals surface area contributed by atoms with Crippen LogP contribution in [-0.2, 0) is 9.84 Å². The Balaban J connectivity index is 1.89. The minimum atomic E-state index is -3.43. The lowest BCUT2D eigenvalue weighted by Crippen LogP contribution is -2.48. The molecule has 0 atom stereocenters. The summed E-state index contributed by atoms with van der Waals surface area (Å²) in [5, 5.41) is 9.21. The second-order valence-corrected chi connectivity index (χ2v) is 8.19. The lowest BCUT2D eigenvalue weighted by molar-refractivity contribution is 0.104. The van der Waals surface area contributed by atoms with Crippen LogP contribution in [0.15, 0.2) is 41.4 Å². The Morgan fingerprint density at radius 3 is 2.54 bits per heavy atom. The Labute approximate surface area is 144 Å². The van der Waals surface area contributed by atoms with Crippen LogP contribution in [0.1, 0.15) is 11.6 Å². The molecule has 0 radical (unpaired) electrons. The molecule has 0 unspecified atom stereocenters. The van der Waals surface area contributed by atoms with Crippen molar-refractivity contribution < 1.29 is 18.3 Å². The van der Waals surface area contributed by atoms with Crippen molar-refractivity contribution in [2.75, 3.05) is 19.3 Å². The van der Waals surface area contributed by atoms with E-state index in [2.05, 4.69) is 4.98 Å². The zero-order valence-corrected chi connectivity index (χ0v) is 14.4. The fraction of sp³-hybridized carbons (Fsp3) is 0.250. The molecule has 0 bridgehead atoms. The monoisotopic (exact) mass is 366 g/mol. The molecule has 1 N–H and O–H groups in total. The van der Waals surface area contributed by atoms with Crippen LogP contribution in [0.2, 0.25) is 5.02 Å². The molecule has 126 valence electrons. The molecule has 1 aromatic carbocycles. The number of carboxylic acid groups (broad SMARTS) is 1. The van der Waals surface area contributed by atoms with Crippen LogP contribution >= 0.6 is 11.6 Å². The topological polar surface area (TPSA) is 87.6 Å². The molecule has 1 aliphatic rings. The number of sulfone groups is 1. The summed E-state index contributed by atoms with van der Waals surface area (Å²) in [5.41, 5.74) is 2.01. The number of benzene rings is 1. The number of hydrogen-bond acceptors (Lipinski definition) is 4. The van der Waals surface area contributed by atoms with Crippen molar-refractivity contribution in [1.82, 2.24) is 9.88 Å². The molecule has 1 fully saturated rings. The first kappa shape index (κ1) is 16.7. The molecule has 6 nitrogen and oxygen atoms in total. The minimum Gasteiger partial charge on any atom is -0.465 e. The predicted molar refractivity (Wildman–Crippen MR) is 90.1 cm³/mol. The highest BCUT2D eigenvalue weighted by atomic mass is 35.5. The van der Waals surface area contributed by atoms with Crippen LogP contribution in [0, 0.1) is 0 Å². The van der Waals surface area contributed by atoms with Crippen molar-refractivity contribution in [3.05, 3.63) is 47.2 Å². The van der Waals surface area contributed by atoms with Gasteiger partial charge in [-0.1, -0.05) is 23.7 Å². The van der Waals surface area contributed by atoms with Gasteiger partial charge in [-0.05, 0) is 18.2 Å². The van der Waals surface area contributed by atoms with E-state index < -0.39 is 15.9 Å². The summed E-state index contributed by atoms with van der Waals surface area (Å²) in [7, 11) is -3.43. The molecule has 1 amide bonds. The van der Waals surface area contributed by atoms with Crippen molar-refractivity contribution in [3.8, 4) is 11.1 Å². The van der Waals surface area contributed by atoms with Crippen LogP contribution in [0.25, 0.3) is 11.1 Å². The van der Waals surface area contributed by atoms with Crippen molar-refractivity contribution in [2.24, 2.45) is 0 Å². The Kier molecular flexibility index (Phi) is 4.23. The Morgan fingerprint density at radius 2 is 2.00 bits per heavy atom. The molecule has 2 aromatic rings. The number of aromatic nitrogens is 1. The van der Waals surface area contributed by atoms with Gasteiger partial charge in [0.25, 0.3) is 0 Å². The second-order valence-electron chi connectivity index (χ2n) is 5.77. The van der Waals surface area contributed by atoms with Gasteiger partial charge in [0.15, 0.2) is 9.84 Å². The summed E-state index contributed by atoms with van der Waals surface area (Å²) in [5.74, 6) is 0.0785. The van der Waals surface area contributed by atoms with Gasteiger partial charge in [-0.25, -0.2) is 13.2 Å². The average Bonchev–Trinajstić information content (AvgIpc) is 2.45. The highest BCUT2D eigenvalue weighted by molar-refractivity contribution is 7.90. The Bertz CT molecular complexity index is 891. The fourth-order valence-electron chi connectivity index (χ4n) is 2.67. The summed E-state index contributed by atoms with van der Waals surface area (Å²) in [6, 6.07) is 8.32. The summed E-state index contributed by atoms with van der Waals surface area (Å²) in [4.78, 5) is 16.6. The van der Waals surface area contributed by atoms with Gasteiger partial charge in [-0.3, -0.25) is 4.98 Å². The number of likely N-dealkylation sites (tertiary alicyclic amines) is 1. The summed E-state index contributed by atoms with van der Waals surface area (Å²) < 4.78 is 23.9. The number of pyridine rings is 1. The van der Waals surface area contributed by atoms with E-state index in [1.54, 1.807) is 30.5 Å². The van der Waals surface area contributed by atoms with Gasteiger partial charge in [0.2, 0.25) is 0 Å². The quantitative estimate of drug-likeness (QED) is 0.902. The van der Waals surface area contributed by atoms with Crippen LogP contribution in [0.3, 0.4) is 0 Å². The first-order valence-electron chi connectivity index (χ1n) is 7.19. The smallest absolute Gasteiger partial charge is 0.407 e. The maximum atomic E-state index is 12.0. The third kappa shape index (κ3) is 3.22. The van der Waals surface area contributed by atoms with Gasteiger partial charge in [0.1, 0.15) is 0 Å². The first-order chi connectivity index (χ1) is 11.3. The maximum Gasteiger partial charge on any atom is 0.407 e. The molecule has 1 saturated heterocycles. The molecule has 3 rings (SSSR count). The summed E-state index contributed by atoms with van der Waals surface area (Å²) >= 11 is 5.91. The highest BCUT2D eigenvalue weighted by Gasteiger charge is 2.32. The van der Waals surface area contributed by atoms with Gasteiger partial charge >= 0.3 is 6.09 Å². The molecule has 0 aliphatic carbocycles. The number of rotatable bonds is 3. The number of amides is 1. The minimum absolute atomic E-state index is 0.0785. The number of hydrogen-bond donors (Lipinski definition) is 1. The number of carbonyl (C=O) groups is 1. The zero-order chi connectivity index (χ0) is 17.5. The van der Waals surface area contributed by atoms with Crippen molar-refractivity contribution in [2.45, 2.75) is 10.8 Å². The van der Waals surface area contributed by atoms with Gasteiger partial charge in [0, 0.05) is 53.3 Å². The van der Waals surface area contributed by atoms with Crippen LogP contribution in [0.4, 0.5) is 4.79 Å². The predicted octanol–water partition coefficient (Wildman–Crippen LogP) is 2.88. The van der Waals surface area contributed by atoms with Crippen LogP contribution < -0.4 is 0 Å². The SMILES string of the molecule is CS(=O)(=O)c1cc(Cl)ccc1-c1ccc(C2CN(C(=O)O)C2)nc1. The molecule has 0 saturated carbocycles. The average molecular weight is 367 g/mol. The normalized spacial score (nSPS) is 15.2. The lowest BCUT2D eigenvalue weighted by Gasteiger charge is -2.36. The molecule has 1 aromatic heterocycles. The van der Waals surface area contributed by atoms with E-state index in [1.807, 2.05) is 0 Å². The van der Waals surface area contributed by atoms with Gasteiger partial charge in [0.05, 0.1) is 4.90 Å². The number of halogens is 1. The summed E-state index contributed by atoms with van der Waals surface area (Å²) in [6.07, 6.45) is 1.82. The van der Waals surface area contributed by atoms with E-state index in [1.165, 1.54) is 11.0 Å². The molecular formula is C16H15ClN2O4S. The number of nitrogens with zero attached hydrogens (tertiary/aromatic N) is 2. The third-order valence-corrected chi connectivity index (χ3v) is 5.38. The maximum absolute atomic E-state index is 12.0. The van der Waals surface area contributed by atoms with E-state index in [0.29, 0.717) is 29.2 Å². The Morgan fingerprint density at radius 1 is 1.29 bits per heavy atom. The van der Waals surface area contributed by atoms with E-state index in [0.717, 1.165) is 11.9 Å². The largest absolute Gasteiger partial charge is 0.465 e. The van der Waals surface area contributed by atoms with Gasteiger partial charge in [-0.15, -0.1) is 0 Å². The third-order valence-electron chi connectivity index (χ3n) is 4.01. The van der Waals surface area contributed by atoms with E-state index in [9.17, 15) is 13.2 Å². The molecule has 24 heavy (non-hydrogen) atoms. The van der Waals surface area contributed by atoms with Gasteiger partial charge < -0.3 is 10.0 Å². The molecular weight excluding hydrogens is 352 g/mol. The van der Waals surface area contributed by atoms with Crippen molar-refractivity contribution in [3.63, 3.8) is 0 Å². The fourth-order valence-corrected chi connectivity index (χ4v) is 3.83. The molecule has 8 heteroatoms. The van der Waals surface area contributed by atoms with Crippen LogP contribution in [-0.4, -0.2) is 48.8 Å². The Hall–Kier alpha value is -2.12. The van der Waals surface area contributed by atoms with Crippen molar-refractivity contribution in [1.29, 1.82) is 0 Å². The first-order valence-corrected chi connectivity index (χ1v) is 9.46. The van der Waals surface area contributed by atoms with E-state index >= 15 is 0 Å². The molecule has 1 aliphatic heterocycles. The lowest BCUT2D eigenvalue weighted by atomic mass is 9.95. The van der Waals surface area contributed by atoms with Crippen molar-refractivity contribution >= 4 is 27.5 Å². The zero-order valence-electron chi connectivity index (χ0n) is 12.8. The standard InChI is InChI=1S/C16H15ClN2O4S/c1-24(22,23)15-6-12(17)3-4-13(15)10-2-5-14(18-7-10)11-8-19(9-11)16(20)21/h2-7,11H,8-9H2,1H3,(H,20,21). The van der Waals surface area contributed by atoms with Crippen LogP contribution in [0.5, 0.6) is 0 Å². The second kappa shape index (κ2) is 6.07. The molecule has 2 heterocycles. The molecule has 0 spiro atoms. The van der Waals surface area contributed by atoms with Gasteiger partial charge in [-0.2, -0.15) is 0 Å². The van der Waals surface area contributed by atoms with E-state index in [4.69, 9.17) is 16.7 Å². The summed E-state index contributed by atoms with van der Waals surface area (Å²) in [6.45, 7) is 0.856. The highest BCUT2D eigenvalue weighted by Crippen LogP contribution is 2.31.